The minimum Gasteiger partial charge on any atom is -0.461 e. The Morgan fingerprint density at radius 2 is 0.744 bits per heavy atom. The lowest BCUT2D eigenvalue weighted by Crippen LogP contribution is -2.38. The number of carbonyl (C=O) groups excluding carboxylic acids is 3. The number of hydrogen-bond donors (Lipinski definition) is 6. The molecule has 16 heteroatoms. The number of carbonyl (C=O) groups is 3. The van der Waals surface area contributed by atoms with Crippen LogP contribution in [0, 0.1) is 0 Å². The van der Waals surface area contributed by atoms with Gasteiger partial charge in [0.2, 0.25) is 0 Å². The lowest BCUT2D eigenvalue weighted by molar-refractivity contribution is 0.0332. The fourth-order valence-corrected chi connectivity index (χ4v) is 4.10. The van der Waals surface area contributed by atoms with E-state index in [0.29, 0.717) is 0 Å². The summed E-state index contributed by atoms with van der Waals surface area (Å²) in [6.07, 6.45) is 0. The maximum absolute atomic E-state index is 12.6. The molecule has 0 aromatic heterocycles. The van der Waals surface area contributed by atoms with Crippen molar-refractivity contribution in [3.8, 4) is 0 Å². The van der Waals surface area contributed by atoms with Gasteiger partial charge in [-0.25, -0.2) is 14.4 Å². The van der Waals surface area contributed by atoms with Gasteiger partial charge in [-0.1, -0.05) is 54.6 Å². The van der Waals surface area contributed by atoms with Crippen molar-refractivity contribution in [1.82, 2.24) is 4.90 Å². The molecule has 6 N–H and O–H groups in total. The first-order chi connectivity index (χ1) is 20.6. The van der Waals surface area contributed by atoms with Crippen LogP contribution in [0.25, 0.3) is 0 Å². The first-order valence-corrected chi connectivity index (χ1v) is 13.2. The molecule has 0 bridgehead atoms. The van der Waals surface area contributed by atoms with Crippen LogP contribution in [-0.2, 0) is 14.2 Å². The van der Waals surface area contributed by atoms with Crippen LogP contribution in [0.15, 0.2) is 72.8 Å². The van der Waals surface area contributed by atoms with Crippen LogP contribution in [0.2, 0.25) is 0 Å². The molecule has 0 atom stereocenters. The Bertz CT molecular complexity index is 1220. The van der Waals surface area contributed by atoms with Gasteiger partial charge in [-0.15, -0.1) is 0 Å². The van der Waals surface area contributed by atoms with Crippen molar-refractivity contribution in [2.75, 3.05) is 39.5 Å². The smallest absolute Gasteiger partial charge is 0.461 e. The molecular formula is C27H30B3NO12. The first-order valence-electron chi connectivity index (χ1n) is 13.2. The summed E-state index contributed by atoms with van der Waals surface area (Å²) in [4.78, 5) is 39.4. The van der Waals surface area contributed by atoms with Crippen molar-refractivity contribution in [1.29, 1.82) is 0 Å². The van der Waals surface area contributed by atoms with Gasteiger partial charge in [-0.3, -0.25) is 4.90 Å². The molecule has 13 nitrogen and oxygen atoms in total. The molecule has 0 spiro atoms. The Kier molecular flexibility index (Phi) is 12.9. The molecule has 224 valence electrons. The number of benzene rings is 3. The molecule has 0 unspecified atom stereocenters. The van der Waals surface area contributed by atoms with Gasteiger partial charge in [-0.05, 0) is 34.6 Å². The minimum absolute atomic E-state index is 0.0234. The standard InChI is InChI=1S/C27H30B3NO12/c32-25(19-7-1-4-10-22(19)28(35)36)41-16-13-31(14-17-42-26(33)20-8-2-5-11-23(20)29(37)38)15-18-43-27(34)21-9-3-6-12-24(21)30(39)40/h1-12,35-40H,13-18H2. The van der Waals surface area contributed by atoms with E-state index in [2.05, 4.69) is 0 Å². The third kappa shape index (κ3) is 9.76. The summed E-state index contributed by atoms with van der Waals surface area (Å²) in [6.45, 7) is -0.172. The summed E-state index contributed by atoms with van der Waals surface area (Å²) in [6, 6.07) is 17.5. The second-order valence-corrected chi connectivity index (χ2v) is 9.13. The molecule has 0 saturated carbocycles. The molecule has 3 aromatic carbocycles. The predicted octanol–water partition coefficient (Wildman–Crippen LogP) is -3.10. The molecular weight excluding hydrogens is 563 g/mol. The van der Waals surface area contributed by atoms with Crippen LogP contribution in [0.5, 0.6) is 0 Å². The van der Waals surface area contributed by atoms with Crippen molar-refractivity contribution in [3.05, 3.63) is 89.5 Å². The zero-order valence-corrected chi connectivity index (χ0v) is 23.0. The van der Waals surface area contributed by atoms with Crippen LogP contribution in [-0.4, -0.2) is 114 Å². The van der Waals surface area contributed by atoms with Crippen molar-refractivity contribution >= 4 is 55.7 Å². The van der Waals surface area contributed by atoms with E-state index in [1.54, 1.807) is 23.1 Å². The highest BCUT2D eigenvalue weighted by Crippen LogP contribution is 2.04. The minimum atomic E-state index is -1.88. The highest BCUT2D eigenvalue weighted by molar-refractivity contribution is 6.61. The molecule has 0 amide bonds. The molecule has 0 aliphatic rings. The van der Waals surface area contributed by atoms with E-state index in [1.165, 1.54) is 54.6 Å². The molecule has 0 fully saturated rings. The molecule has 0 saturated heterocycles. The van der Waals surface area contributed by atoms with Crippen LogP contribution >= 0.6 is 0 Å². The summed E-state index contributed by atoms with van der Waals surface area (Å²) in [7, 11) is -5.63. The summed E-state index contributed by atoms with van der Waals surface area (Å²) in [5, 5.41) is 57.1. The topological polar surface area (TPSA) is 204 Å². The van der Waals surface area contributed by atoms with Crippen LogP contribution < -0.4 is 16.4 Å². The van der Waals surface area contributed by atoms with Crippen molar-refractivity contribution in [2.45, 2.75) is 0 Å². The van der Waals surface area contributed by atoms with E-state index in [1.807, 2.05) is 0 Å². The average molecular weight is 593 g/mol. The monoisotopic (exact) mass is 593 g/mol. The van der Waals surface area contributed by atoms with Gasteiger partial charge in [0, 0.05) is 19.6 Å². The molecule has 0 aliphatic carbocycles. The highest BCUT2D eigenvalue weighted by Gasteiger charge is 2.23. The highest BCUT2D eigenvalue weighted by atomic mass is 16.5. The normalized spacial score (nSPS) is 10.7. The molecule has 3 aromatic rings. The third-order valence-corrected chi connectivity index (χ3v) is 6.30. The van der Waals surface area contributed by atoms with Crippen LogP contribution in [0.4, 0.5) is 0 Å². The number of esters is 3. The first kappa shape index (κ1) is 33.5. The summed E-state index contributed by atoms with van der Waals surface area (Å²) in [5.41, 5.74) is -0.150. The second kappa shape index (κ2) is 16.6. The Balaban J connectivity index is 1.62. The van der Waals surface area contributed by atoms with Gasteiger partial charge in [0.25, 0.3) is 0 Å². The van der Waals surface area contributed by atoms with E-state index < -0.39 is 39.3 Å². The van der Waals surface area contributed by atoms with Gasteiger partial charge in [0.15, 0.2) is 0 Å². The average Bonchev–Trinajstić information content (AvgIpc) is 3.00. The second-order valence-electron chi connectivity index (χ2n) is 9.13. The Labute approximate surface area is 248 Å². The van der Waals surface area contributed by atoms with E-state index in [4.69, 9.17) is 14.2 Å². The summed E-state index contributed by atoms with van der Waals surface area (Å²) >= 11 is 0. The van der Waals surface area contributed by atoms with E-state index in [-0.39, 0.29) is 72.5 Å². The SMILES string of the molecule is O=C(OCCN(CCOC(=O)c1ccccc1B(O)O)CCOC(=O)c1ccccc1B(O)O)c1ccccc1B(O)O. The Morgan fingerprint density at radius 1 is 0.488 bits per heavy atom. The largest absolute Gasteiger partial charge is 0.489 e. The van der Waals surface area contributed by atoms with Crippen molar-refractivity contribution < 1.29 is 58.7 Å². The van der Waals surface area contributed by atoms with Gasteiger partial charge in [0.05, 0.1) is 16.7 Å². The van der Waals surface area contributed by atoms with Crippen molar-refractivity contribution in [3.63, 3.8) is 0 Å². The molecule has 0 radical (unpaired) electrons. The maximum atomic E-state index is 12.6. The quantitative estimate of drug-likeness (QED) is 0.0589. The fraction of sp³-hybridized carbons (Fsp3) is 0.222. The lowest BCUT2D eigenvalue weighted by Gasteiger charge is -2.22. The maximum Gasteiger partial charge on any atom is 0.489 e. The van der Waals surface area contributed by atoms with E-state index >= 15 is 0 Å². The molecule has 43 heavy (non-hydrogen) atoms. The Hall–Kier alpha value is -4.02. The number of hydrogen-bond acceptors (Lipinski definition) is 13. The molecule has 0 heterocycles. The van der Waals surface area contributed by atoms with Crippen LogP contribution in [0.3, 0.4) is 0 Å². The summed E-state index contributed by atoms with van der Waals surface area (Å²) in [5.74, 6) is -2.38. The van der Waals surface area contributed by atoms with Gasteiger partial charge < -0.3 is 44.4 Å². The number of nitrogens with zero attached hydrogens (tertiary/aromatic N) is 1. The van der Waals surface area contributed by atoms with E-state index in [9.17, 15) is 44.5 Å². The predicted molar refractivity (Wildman–Crippen MR) is 156 cm³/mol. The lowest BCUT2D eigenvalue weighted by atomic mass is 9.77. The number of rotatable bonds is 15. The molecule has 0 aliphatic heterocycles. The third-order valence-electron chi connectivity index (χ3n) is 6.30. The zero-order valence-electron chi connectivity index (χ0n) is 23.0. The van der Waals surface area contributed by atoms with Gasteiger partial charge in [0.1, 0.15) is 19.8 Å². The van der Waals surface area contributed by atoms with Crippen molar-refractivity contribution in [2.24, 2.45) is 0 Å². The van der Waals surface area contributed by atoms with E-state index in [0.717, 1.165) is 0 Å². The zero-order chi connectivity index (χ0) is 31.4. The molecule has 3 rings (SSSR count). The van der Waals surface area contributed by atoms with Crippen LogP contribution in [0.1, 0.15) is 31.1 Å². The summed E-state index contributed by atoms with van der Waals surface area (Å²) < 4.78 is 15.9. The van der Waals surface area contributed by atoms with Gasteiger partial charge >= 0.3 is 39.3 Å². The fourth-order valence-electron chi connectivity index (χ4n) is 4.10. The Morgan fingerprint density at radius 3 is 1.00 bits per heavy atom. The number of ether oxygens (including phenoxy) is 3. The van der Waals surface area contributed by atoms with Gasteiger partial charge in [-0.2, -0.15) is 0 Å².